The van der Waals surface area contributed by atoms with Gasteiger partial charge < -0.3 is 15.8 Å². The number of nitrogens with one attached hydrogen (secondary N) is 1. The van der Waals surface area contributed by atoms with Crippen molar-refractivity contribution in [1.29, 1.82) is 0 Å². The lowest BCUT2D eigenvalue weighted by Crippen LogP contribution is -2.42. The maximum Gasteiger partial charge on any atom is 0.255 e. The second kappa shape index (κ2) is 6.96. The summed E-state index contributed by atoms with van der Waals surface area (Å²) in [5, 5.41) is 2.73. The molecule has 0 aliphatic carbocycles. The van der Waals surface area contributed by atoms with Gasteiger partial charge in [0.25, 0.3) is 5.91 Å². The van der Waals surface area contributed by atoms with Gasteiger partial charge in [-0.25, -0.2) is 0 Å². The Hall–Kier alpha value is -2.82. The van der Waals surface area contributed by atoms with Crippen molar-refractivity contribution in [1.82, 2.24) is 5.32 Å². The van der Waals surface area contributed by atoms with E-state index in [4.69, 9.17) is 10.5 Å². The van der Waals surface area contributed by atoms with E-state index in [0.717, 1.165) is 0 Å². The highest BCUT2D eigenvalue weighted by molar-refractivity contribution is 5.97. The third-order valence-corrected chi connectivity index (χ3v) is 3.46. The van der Waals surface area contributed by atoms with Crippen LogP contribution in [0.25, 0.3) is 0 Å². The molecular formula is C18H20N2O3. The second-order valence-corrected chi connectivity index (χ2v) is 5.84. The first-order chi connectivity index (χ1) is 10.9. The summed E-state index contributed by atoms with van der Waals surface area (Å²) in [5.41, 5.74) is 4.90. The molecule has 2 rings (SSSR count). The van der Waals surface area contributed by atoms with E-state index in [2.05, 4.69) is 5.32 Å². The molecule has 0 fully saturated rings. The van der Waals surface area contributed by atoms with Gasteiger partial charge in [-0.1, -0.05) is 30.3 Å². The zero-order valence-corrected chi connectivity index (χ0v) is 13.2. The first kappa shape index (κ1) is 16.5. The third kappa shape index (κ3) is 4.32. The largest absolute Gasteiger partial charge is 0.457 e. The summed E-state index contributed by atoms with van der Waals surface area (Å²) in [7, 11) is 0. The predicted octanol–water partition coefficient (Wildman–Crippen LogP) is 2.72. The van der Waals surface area contributed by atoms with Crippen molar-refractivity contribution in [3.05, 3.63) is 60.2 Å². The van der Waals surface area contributed by atoms with Gasteiger partial charge >= 0.3 is 0 Å². The van der Waals surface area contributed by atoms with Gasteiger partial charge in [-0.05, 0) is 38.1 Å². The quantitative estimate of drug-likeness (QED) is 0.860. The minimum absolute atomic E-state index is 0.154. The van der Waals surface area contributed by atoms with E-state index in [9.17, 15) is 9.59 Å². The third-order valence-electron chi connectivity index (χ3n) is 3.46. The standard InChI is InChI=1S/C18H20N2O3/c1-18(2,17(19)22)12-20-16(21)14-10-6-7-11-15(14)23-13-8-4-3-5-9-13/h3-11H,12H2,1-2H3,(H2,19,22)(H,20,21). The van der Waals surface area contributed by atoms with Crippen molar-refractivity contribution >= 4 is 11.8 Å². The molecule has 2 aromatic carbocycles. The normalized spacial score (nSPS) is 10.9. The molecule has 0 saturated heterocycles. The molecule has 0 saturated carbocycles. The Morgan fingerprint density at radius 3 is 2.30 bits per heavy atom. The molecule has 0 spiro atoms. The monoisotopic (exact) mass is 312 g/mol. The lowest BCUT2D eigenvalue weighted by Gasteiger charge is -2.21. The highest BCUT2D eigenvalue weighted by Gasteiger charge is 2.26. The summed E-state index contributed by atoms with van der Waals surface area (Å²) >= 11 is 0. The van der Waals surface area contributed by atoms with Crippen LogP contribution in [-0.2, 0) is 4.79 Å². The molecule has 0 aromatic heterocycles. The molecule has 2 aromatic rings. The van der Waals surface area contributed by atoms with Gasteiger partial charge in [-0.15, -0.1) is 0 Å². The van der Waals surface area contributed by atoms with E-state index >= 15 is 0 Å². The highest BCUT2D eigenvalue weighted by atomic mass is 16.5. The number of amides is 2. The van der Waals surface area contributed by atoms with Gasteiger partial charge in [-0.2, -0.15) is 0 Å². The molecule has 0 aliphatic rings. The molecule has 0 bridgehead atoms. The summed E-state index contributed by atoms with van der Waals surface area (Å²) in [6, 6.07) is 16.2. The van der Waals surface area contributed by atoms with Crippen molar-refractivity contribution in [2.45, 2.75) is 13.8 Å². The van der Waals surface area contributed by atoms with Crippen molar-refractivity contribution < 1.29 is 14.3 Å². The number of carbonyl (C=O) groups excluding carboxylic acids is 2. The number of rotatable bonds is 6. The zero-order chi connectivity index (χ0) is 16.9. The zero-order valence-electron chi connectivity index (χ0n) is 13.2. The fraction of sp³-hybridized carbons (Fsp3) is 0.222. The van der Waals surface area contributed by atoms with Crippen LogP contribution < -0.4 is 15.8 Å². The Balaban J connectivity index is 2.13. The Morgan fingerprint density at radius 1 is 1.04 bits per heavy atom. The van der Waals surface area contributed by atoms with E-state index in [-0.39, 0.29) is 12.5 Å². The number of hydrogen-bond donors (Lipinski definition) is 2. The fourth-order valence-electron chi connectivity index (χ4n) is 1.84. The van der Waals surface area contributed by atoms with Crippen LogP contribution in [-0.4, -0.2) is 18.4 Å². The van der Waals surface area contributed by atoms with Gasteiger partial charge in [0, 0.05) is 6.54 Å². The van der Waals surface area contributed by atoms with Gasteiger partial charge in [0.2, 0.25) is 5.91 Å². The van der Waals surface area contributed by atoms with Crippen LogP contribution in [0.5, 0.6) is 11.5 Å². The van der Waals surface area contributed by atoms with Crippen molar-refractivity contribution in [2.75, 3.05) is 6.54 Å². The molecule has 0 heterocycles. The summed E-state index contributed by atoms with van der Waals surface area (Å²) in [6.07, 6.45) is 0. The Kier molecular flexibility index (Phi) is 5.01. The first-order valence-electron chi connectivity index (χ1n) is 7.30. The summed E-state index contributed by atoms with van der Waals surface area (Å²) < 4.78 is 5.76. The van der Waals surface area contributed by atoms with E-state index in [1.807, 2.05) is 30.3 Å². The van der Waals surface area contributed by atoms with Crippen molar-refractivity contribution in [3.8, 4) is 11.5 Å². The molecule has 0 radical (unpaired) electrons. The number of ether oxygens (including phenoxy) is 1. The SMILES string of the molecule is CC(C)(CNC(=O)c1ccccc1Oc1ccccc1)C(N)=O. The van der Waals surface area contributed by atoms with Crippen LogP contribution in [0.3, 0.4) is 0 Å². The van der Waals surface area contributed by atoms with Gasteiger partial charge in [0.15, 0.2) is 0 Å². The van der Waals surface area contributed by atoms with Gasteiger partial charge in [0.1, 0.15) is 11.5 Å². The molecule has 120 valence electrons. The Labute approximate surface area is 135 Å². The first-order valence-corrected chi connectivity index (χ1v) is 7.30. The van der Waals surface area contributed by atoms with E-state index in [1.165, 1.54) is 0 Å². The lowest BCUT2D eigenvalue weighted by molar-refractivity contribution is -0.125. The summed E-state index contributed by atoms with van der Waals surface area (Å²) in [4.78, 5) is 23.7. The molecule has 3 N–H and O–H groups in total. The smallest absolute Gasteiger partial charge is 0.255 e. The number of benzene rings is 2. The van der Waals surface area contributed by atoms with Crippen LogP contribution in [0, 0.1) is 5.41 Å². The van der Waals surface area contributed by atoms with E-state index in [1.54, 1.807) is 38.1 Å². The molecule has 0 unspecified atom stereocenters. The molecule has 0 atom stereocenters. The Bertz CT molecular complexity index is 696. The molecule has 5 nitrogen and oxygen atoms in total. The number of para-hydroxylation sites is 2. The molecule has 5 heteroatoms. The average molecular weight is 312 g/mol. The summed E-state index contributed by atoms with van der Waals surface area (Å²) in [6.45, 7) is 3.52. The fourth-order valence-corrected chi connectivity index (χ4v) is 1.84. The highest BCUT2D eigenvalue weighted by Crippen LogP contribution is 2.25. The second-order valence-electron chi connectivity index (χ2n) is 5.84. The van der Waals surface area contributed by atoms with Crippen molar-refractivity contribution in [3.63, 3.8) is 0 Å². The molecule has 2 amide bonds. The lowest BCUT2D eigenvalue weighted by atomic mass is 9.92. The predicted molar refractivity (Wildman–Crippen MR) is 88.3 cm³/mol. The maximum atomic E-state index is 12.4. The topological polar surface area (TPSA) is 81.4 Å². The van der Waals surface area contributed by atoms with E-state index in [0.29, 0.717) is 17.1 Å². The number of primary amides is 1. The number of carbonyl (C=O) groups is 2. The number of nitrogens with two attached hydrogens (primary N) is 1. The molecular weight excluding hydrogens is 292 g/mol. The van der Waals surface area contributed by atoms with Gasteiger partial charge in [-0.3, -0.25) is 9.59 Å². The number of hydrogen-bond acceptors (Lipinski definition) is 3. The van der Waals surface area contributed by atoms with Crippen LogP contribution in [0.2, 0.25) is 0 Å². The average Bonchev–Trinajstić information content (AvgIpc) is 2.54. The van der Waals surface area contributed by atoms with Crippen molar-refractivity contribution in [2.24, 2.45) is 11.1 Å². The van der Waals surface area contributed by atoms with Crippen LogP contribution in [0.4, 0.5) is 0 Å². The minimum atomic E-state index is -0.815. The Morgan fingerprint density at radius 2 is 1.65 bits per heavy atom. The maximum absolute atomic E-state index is 12.4. The molecule has 23 heavy (non-hydrogen) atoms. The minimum Gasteiger partial charge on any atom is -0.457 e. The van der Waals surface area contributed by atoms with Crippen LogP contribution in [0.15, 0.2) is 54.6 Å². The van der Waals surface area contributed by atoms with Crippen LogP contribution in [0.1, 0.15) is 24.2 Å². The summed E-state index contributed by atoms with van der Waals surface area (Å²) in [5.74, 6) is 0.316. The van der Waals surface area contributed by atoms with E-state index < -0.39 is 11.3 Å². The van der Waals surface area contributed by atoms with Gasteiger partial charge in [0.05, 0.1) is 11.0 Å². The molecule has 0 aliphatic heterocycles. The van der Waals surface area contributed by atoms with Crippen LogP contribution >= 0.6 is 0 Å².